The van der Waals surface area contributed by atoms with Crippen molar-refractivity contribution in [2.45, 2.75) is 13.0 Å². The Kier molecular flexibility index (Phi) is 4.92. The lowest BCUT2D eigenvalue weighted by Crippen LogP contribution is -2.29. The van der Waals surface area contributed by atoms with Crippen molar-refractivity contribution in [3.63, 3.8) is 0 Å². The average Bonchev–Trinajstić information content (AvgIpc) is 3.12. The number of fused-ring (bicyclic) bond motifs is 1. The summed E-state index contributed by atoms with van der Waals surface area (Å²) in [7, 11) is 3.13. The highest BCUT2D eigenvalue weighted by Gasteiger charge is 2.34. The van der Waals surface area contributed by atoms with E-state index in [-0.39, 0.29) is 6.61 Å². The lowest BCUT2D eigenvalue weighted by atomic mass is 9.95. The van der Waals surface area contributed by atoms with Gasteiger partial charge in [-0.3, -0.25) is 0 Å². The number of hydrogen-bond donors (Lipinski definition) is 1. The molecule has 0 saturated carbocycles. The zero-order valence-corrected chi connectivity index (χ0v) is 14.9. The number of allylic oxidation sites excluding steroid dienone is 1. The van der Waals surface area contributed by atoms with Crippen molar-refractivity contribution in [3.8, 4) is 11.5 Å². The third kappa shape index (κ3) is 3.01. The van der Waals surface area contributed by atoms with Gasteiger partial charge in [-0.05, 0) is 24.6 Å². The molecule has 3 rings (SSSR count). The summed E-state index contributed by atoms with van der Waals surface area (Å²) in [4.78, 5) is 16.9. The molecule has 0 aliphatic carbocycles. The van der Waals surface area contributed by atoms with E-state index in [0.29, 0.717) is 28.7 Å². The van der Waals surface area contributed by atoms with E-state index >= 15 is 0 Å². The van der Waals surface area contributed by atoms with Gasteiger partial charge < -0.3 is 19.5 Å². The molecule has 1 aromatic heterocycles. The maximum Gasteiger partial charge on any atom is 0.338 e. The molecular weight excluding hydrogens is 336 g/mol. The van der Waals surface area contributed by atoms with Gasteiger partial charge in [0.25, 0.3) is 0 Å². The molecule has 0 bridgehead atoms. The molecule has 136 valence electrons. The van der Waals surface area contributed by atoms with Crippen LogP contribution >= 0.6 is 0 Å². The number of rotatable bonds is 6. The molecule has 2 aromatic rings. The molecule has 1 N–H and O–H groups in total. The molecule has 0 saturated heterocycles. The highest BCUT2D eigenvalue weighted by molar-refractivity contribution is 5.92. The second-order valence-electron chi connectivity index (χ2n) is 5.60. The quantitative estimate of drug-likeness (QED) is 0.628. The first-order valence-corrected chi connectivity index (χ1v) is 7.98. The third-order valence-corrected chi connectivity index (χ3v) is 4.07. The van der Waals surface area contributed by atoms with Gasteiger partial charge in [-0.2, -0.15) is 10.1 Å². The lowest BCUT2D eigenvalue weighted by Gasteiger charge is -2.28. The summed E-state index contributed by atoms with van der Waals surface area (Å²) < 4.78 is 17.6. The van der Waals surface area contributed by atoms with Gasteiger partial charge >= 0.3 is 5.97 Å². The first-order chi connectivity index (χ1) is 12.6. The summed E-state index contributed by atoms with van der Waals surface area (Å²) in [5, 5.41) is 7.35. The van der Waals surface area contributed by atoms with Crippen LogP contribution in [0.5, 0.6) is 11.5 Å². The number of aromatic nitrogens is 3. The zero-order chi connectivity index (χ0) is 18.7. The fraction of sp³-hybridized carbons (Fsp3) is 0.278. The highest BCUT2D eigenvalue weighted by atomic mass is 16.5. The minimum Gasteiger partial charge on any atom is -0.493 e. The van der Waals surface area contributed by atoms with Crippen LogP contribution in [0.1, 0.15) is 18.5 Å². The van der Waals surface area contributed by atoms with E-state index in [2.05, 4.69) is 22.0 Å². The molecule has 8 nitrogen and oxygen atoms in total. The van der Waals surface area contributed by atoms with Crippen LogP contribution in [0.3, 0.4) is 0 Å². The monoisotopic (exact) mass is 356 g/mol. The van der Waals surface area contributed by atoms with E-state index in [1.165, 1.54) is 12.4 Å². The summed E-state index contributed by atoms with van der Waals surface area (Å²) >= 11 is 0. The predicted molar refractivity (Wildman–Crippen MR) is 95.2 cm³/mol. The van der Waals surface area contributed by atoms with Crippen LogP contribution in [0.4, 0.5) is 5.95 Å². The molecule has 2 heterocycles. The Balaban J connectivity index is 2.12. The Morgan fingerprint density at radius 3 is 2.81 bits per heavy atom. The Bertz CT molecular complexity index is 872. The third-order valence-electron chi connectivity index (χ3n) is 4.07. The van der Waals surface area contributed by atoms with Crippen LogP contribution in [0, 0.1) is 0 Å². The van der Waals surface area contributed by atoms with Crippen molar-refractivity contribution >= 4 is 11.9 Å². The van der Waals surface area contributed by atoms with E-state index in [0.717, 1.165) is 5.56 Å². The smallest absolute Gasteiger partial charge is 0.338 e. The van der Waals surface area contributed by atoms with Gasteiger partial charge in [0.1, 0.15) is 19.0 Å². The van der Waals surface area contributed by atoms with Gasteiger partial charge in [0.2, 0.25) is 5.95 Å². The second-order valence-corrected chi connectivity index (χ2v) is 5.60. The van der Waals surface area contributed by atoms with Crippen molar-refractivity contribution in [1.29, 1.82) is 0 Å². The predicted octanol–water partition coefficient (Wildman–Crippen LogP) is 2.31. The molecule has 1 aromatic carbocycles. The van der Waals surface area contributed by atoms with Crippen LogP contribution in [0.15, 0.2) is 48.5 Å². The van der Waals surface area contributed by atoms with Crippen LogP contribution in [0.25, 0.3) is 0 Å². The molecular formula is C18H20N4O4. The van der Waals surface area contributed by atoms with Gasteiger partial charge in [-0.15, -0.1) is 0 Å². The van der Waals surface area contributed by atoms with Crippen LogP contribution in [0.2, 0.25) is 0 Å². The van der Waals surface area contributed by atoms with E-state index in [4.69, 9.17) is 14.2 Å². The molecule has 1 aliphatic heterocycles. The van der Waals surface area contributed by atoms with Crippen molar-refractivity contribution in [2.75, 3.05) is 26.1 Å². The molecule has 8 heteroatoms. The van der Waals surface area contributed by atoms with Crippen LogP contribution < -0.4 is 14.8 Å². The summed E-state index contributed by atoms with van der Waals surface area (Å²) in [6.07, 6.45) is 2.96. The lowest BCUT2D eigenvalue weighted by molar-refractivity contribution is -0.138. The molecule has 0 fully saturated rings. The molecule has 0 spiro atoms. The normalized spacial score (nSPS) is 15.7. The summed E-state index contributed by atoms with van der Waals surface area (Å²) in [6.45, 7) is 5.50. The minimum absolute atomic E-state index is 0.123. The summed E-state index contributed by atoms with van der Waals surface area (Å²) in [6, 6.07) is 4.95. The topological polar surface area (TPSA) is 87.5 Å². The number of nitrogens with zero attached hydrogens (tertiary/aromatic N) is 3. The van der Waals surface area contributed by atoms with E-state index < -0.39 is 12.0 Å². The van der Waals surface area contributed by atoms with Crippen molar-refractivity contribution < 1.29 is 19.0 Å². The largest absolute Gasteiger partial charge is 0.493 e. The molecule has 0 radical (unpaired) electrons. The Labute approximate surface area is 151 Å². The molecule has 0 amide bonds. The first-order valence-electron chi connectivity index (χ1n) is 7.98. The number of carbonyl (C=O) groups is 1. The fourth-order valence-electron chi connectivity index (χ4n) is 2.90. The van der Waals surface area contributed by atoms with Gasteiger partial charge in [0.15, 0.2) is 11.5 Å². The van der Waals surface area contributed by atoms with Crippen molar-refractivity contribution in [3.05, 3.63) is 54.0 Å². The number of methoxy groups -OCH3 is 2. The number of carbonyl (C=O) groups excluding carboxylic acids is 1. The molecule has 26 heavy (non-hydrogen) atoms. The number of nitrogens with one attached hydrogen (secondary N) is 1. The summed E-state index contributed by atoms with van der Waals surface area (Å²) in [5.41, 5.74) is 1.89. The Morgan fingerprint density at radius 2 is 2.12 bits per heavy atom. The molecule has 1 atom stereocenters. The maximum atomic E-state index is 12.7. The van der Waals surface area contributed by atoms with Gasteiger partial charge in [0, 0.05) is 5.70 Å². The summed E-state index contributed by atoms with van der Waals surface area (Å²) in [5.74, 6) is 1.25. The first kappa shape index (κ1) is 17.5. The van der Waals surface area contributed by atoms with E-state index in [9.17, 15) is 4.79 Å². The molecule has 1 aliphatic rings. The van der Waals surface area contributed by atoms with Crippen LogP contribution in [-0.2, 0) is 9.53 Å². The van der Waals surface area contributed by atoms with Crippen LogP contribution in [-0.4, -0.2) is 41.6 Å². The minimum atomic E-state index is -0.508. The number of anilines is 1. The van der Waals surface area contributed by atoms with E-state index in [1.807, 2.05) is 12.1 Å². The zero-order valence-electron chi connectivity index (χ0n) is 14.9. The fourth-order valence-corrected chi connectivity index (χ4v) is 2.90. The van der Waals surface area contributed by atoms with Gasteiger partial charge in [-0.1, -0.05) is 18.7 Å². The Morgan fingerprint density at radius 1 is 1.35 bits per heavy atom. The van der Waals surface area contributed by atoms with E-state index in [1.54, 1.807) is 31.9 Å². The van der Waals surface area contributed by atoms with Gasteiger partial charge in [0.05, 0.1) is 19.8 Å². The van der Waals surface area contributed by atoms with Gasteiger partial charge in [-0.25, -0.2) is 9.48 Å². The highest BCUT2D eigenvalue weighted by Crippen LogP contribution is 2.38. The number of benzene rings is 1. The average molecular weight is 356 g/mol. The second kappa shape index (κ2) is 7.30. The Hall–Kier alpha value is -3.29. The molecule has 0 unspecified atom stereocenters. The SMILES string of the molecule is C=CCOC(=O)C1=C(C)Nc2ncnn2[C@@H]1c1ccc(OC)c(OC)c1. The number of hydrogen-bond acceptors (Lipinski definition) is 7. The standard InChI is InChI=1S/C18H20N4O4/c1-5-8-26-17(23)15-11(2)21-18-19-10-20-22(18)16(15)12-6-7-13(24-3)14(9-12)25-4/h5-7,9-10,16H,1,8H2,2-4H3,(H,19,20,21)/t16-/m1/s1. The number of esters is 1. The number of ether oxygens (including phenoxy) is 3. The maximum absolute atomic E-state index is 12.7. The van der Waals surface area contributed by atoms with Crippen molar-refractivity contribution in [2.24, 2.45) is 0 Å². The van der Waals surface area contributed by atoms with Crippen molar-refractivity contribution in [1.82, 2.24) is 14.8 Å².